The van der Waals surface area contributed by atoms with Crippen LogP contribution >= 0.6 is 0 Å². The summed E-state index contributed by atoms with van der Waals surface area (Å²) in [4.78, 5) is 41.4. The fraction of sp³-hybridized carbons (Fsp3) is 0.591. The van der Waals surface area contributed by atoms with E-state index < -0.39 is 12.1 Å². The zero-order valence-electron chi connectivity index (χ0n) is 17.2. The first-order valence-corrected chi connectivity index (χ1v) is 10.1. The second-order valence-electron chi connectivity index (χ2n) is 8.94. The number of fused-ring (bicyclic) bond motifs is 1. The van der Waals surface area contributed by atoms with E-state index in [1.807, 2.05) is 13.0 Å². The predicted molar refractivity (Wildman–Crippen MR) is 106 cm³/mol. The van der Waals surface area contributed by atoms with Crippen molar-refractivity contribution in [2.24, 2.45) is 5.41 Å². The van der Waals surface area contributed by atoms with Gasteiger partial charge in [-0.3, -0.25) is 14.5 Å². The Labute approximate surface area is 166 Å². The Balaban J connectivity index is 1.69. The molecule has 2 saturated heterocycles. The molecule has 0 aromatic heterocycles. The Kier molecular flexibility index (Phi) is 5.77. The maximum Gasteiger partial charge on any atom is 0.410 e. The molecule has 1 aromatic carbocycles. The maximum absolute atomic E-state index is 12.8. The van der Waals surface area contributed by atoms with Crippen LogP contribution in [0.25, 0.3) is 0 Å². The summed E-state index contributed by atoms with van der Waals surface area (Å²) < 4.78 is 5.73. The van der Waals surface area contributed by atoms with Gasteiger partial charge >= 0.3 is 6.09 Å². The standard InChI is InChI=1S/C22H30N2O4/c1-5-16(13-22(2,3)4)28-21(27)23-12-11-17-19(23)18(25)14-24(17)20(26)15-9-7-6-8-10-15/h6-10,16-17,19H,5,11-14H2,1-4H3/t16-,17?,19?/m1/s1. The van der Waals surface area contributed by atoms with Crippen LogP contribution in [-0.2, 0) is 9.53 Å². The van der Waals surface area contributed by atoms with Crippen LogP contribution in [0.15, 0.2) is 30.3 Å². The number of hydrogen-bond donors (Lipinski definition) is 0. The Morgan fingerprint density at radius 2 is 1.86 bits per heavy atom. The summed E-state index contributed by atoms with van der Waals surface area (Å²) >= 11 is 0. The summed E-state index contributed by atoms with van der Waals surface area (Å²) in [6.07, 6.45) is 1.48. The molecule has 28 heavy (non-hydrogen) atoms. The van der Waals surface area contributed by atoms with Crippen molar-refractivity contribution in [2.75, 3.05) is 13.1 Å². The van der Waals surface area contributed by atoms with Crippen LogP contribution in [0.2, 0.25) is 0 Å². The minimum absolute atomic E-state index is 0.0477. The molecule has 2 heterocycles. The molecule has 2 unspecified atom stereocenters. The van der Waals surface area contributed by atoms with Crippen LogP contribution in [0.5, 0.6) is 0 Å². The highest BCUT2D eigenvalue weighted by Crippen LogP contribution is 2.32. The molecular weight excluding hydrogens is 356 g/mol. The summed E-state index contributed by atoms with van der Waals surface area (Å²) in [5, 5.41) is 0. The van der Waals surface area contributed by atoms with E-state index in [0.29, 0.717) is 18.5 Å². The molecule has 1 aromatic rings. The maximum atomic E-state index is 12.8. The lowest BCUT2D eigenvalue weighted by Gasteiger charge is -2.28. The number of ketones is 1. The highest BCUT2D eigenvalue weighted by atomic mass is 16.6. The normalized spacial score (nSPS) is 22.9. The number of likely N-dealkylation sites (tertiary alicyclic amines) is 2. The summed E-state index contributed by atoms with van der Waals surface area (Å²) in [5.74, 6) is -0.247. The smallest absolute Gasteiger partial charge is 0.410 e. The number of hydrogen-bond acceptors (Lipinski definition) is 4. The van der Waals surface area contributed by atoms with Crippen molar-refractivity contribution in [3.8, 4) is 0 Å². The minimum Gasteiger partial charge on any atom is -0.446 e. The molecule has 3 rings (SSSR count). The van der Waals surface area contributed by atoms with Crippen molar-refractivity contribution in [1.29, 1.82) is 0 Å². The Hall–Kier alpha value is -2.37. The van der Waals surface area contributed by atoms with Crippen molar-refractivity contribution < 1.29 is 19.1 Å². The molecule has 6 heteroatoms. The molecule has 2 amide bonds. The van der Waals surface area contributed by atoms with E-state index in [1.165, 1.54) is 4.90 Å². The highest BCUT2D eigenvalue weighted by Gasteiger charge is 2.52. The lowest BCUT2D eigenvalue weighted by molar-refractivity contribution is -0.120. The quantitative estimate of drug-likeness (QED) is 0.794. The van der Waals surface area contributed by atoms with E-state index in [2.05, 4.69) is 20.8 Å². The fourth-order valence-corrected chi connectivity index (χ4v) is 4.21. The molecule has 0 spiro atoms. The molecule has 2 aliphatic heterocycles. The molecule has 0 bridgehead atoms. The van der Waals surface area contributed by atoms with Crippen LogP contribution in [0.3, 0.4) is 0 Å². The van der Waals surface area contributed by atoms with Gasteiger partial charge < -0.3 is 9.64 Å². The van der Waals surface area contributed by atoms with Gasteiger partial charge in [0.15, 0.2) is 5.78 Å². The van der Waals surface area contributed by atoms with Crippen molar-refractivity contribution in [2.45, 2.75) is 65.1 Å². The Bertz CT molecular complexity index is 741. The van der Waals surface area contributed by atoms with Crippen LogP contribution < -0.4 is 0 Å². The number of carbonyl (C=O) groups excluding carboxylic acids is 3. The van der Waals surface area contributed by atoms with E-state index in [0.717, 1.165) is 12.8 Å². The number of benzene rings is 1. The zero-order valence-corrected chi connectivity index (χ0v) is 17.2. The first-order valence-electron chi connectivity index (χ1n) is 10.1. The molecule has 152 valence electrons. The van der Waals surface area contributed by atoms with Gasteiger partial charge in [-0.2, -0.15) is 0 Å². The van der Waals surface area contributed by atoms with E-state index in [-0.39, 0.29) is 35.8 Å². The van der Waals surface area contributed by atoms with Gasteiger partial charge in [0.25, 0.3) is 5.91 Å². The summed E-state index contributed by atoms with van der Waals surface area (Å²) in [6.45, 7) is 8.82. The van der Waals surface area contributed by atoms with Gasteiger partial charge in [0, 0.05) is 12.1 Å². The Morgan fingerprint density at radius 1 is 1.18 bits per heavy atom. The number of Topliss-reactive ketones (excluding diaryl/α,β-unsaturated/α-hetero) is 1. The van der Waals surface area contributed by atoms with E-state index in [1.54, 1.807) is 29.2 Å². The number of rotatable bonds is 4. The van der Waals surface area contributed by atoms with E-state index in [4.69, 9.17) is 4.74 Å². The fourth-order valence-electron chi connectivity index (χ4n) is 4.21. The van der Waals surface area contributed by atoms with Crippen LogP contribution in [0.1, 0.15) is 57.3 Å². The zero-order chi connectivity index (χ0) is 20.5. The molecular formula is C22H30N2O4. The van der Waals surface area contributed by atoms with Gasteiger partial charge in [-0.1, -0.05) is 45.9 Å². The van der Waals surface area contributed by atoms with Gasteiger partial charge in [0.2, 0.25) is 0 Å². The molecule has 0 aliphatic carbocycles. The Morgan fingerprint density at radius 3 is 2.46 bits per heavy atom. The average Bonchev–Trinajstić information content (AvgIpc) is 3.21. The molecule has 0 saturated carbocycles. The molecule has 2 fully saturated rings. The largest absolute Gasteiger partial charge is 0.446 e. The van der Waals surface area contributed by atoms with Gasteiger partial charge in [-0.25, -0.2) is 4.79 Å². The highest BCUT2D eigenvalue weighted by molar-refractivity contribution is 6.02. The molecule has 6 nitrogen and oxygen atoms in total. The third-order valence-corrected chi connectivity index (χ3v) is 5.50. The molecule has 3 atom stereocenters. The topological polar surface area (TPSA) is 66.9 Å². The van der Waals surface area contributed by atoms with E-state index in [9.17, 15) is 14.4 Å². The molecule has 2 aliphatic rings. The van der Waals surface area contributed by atoms with Crippen LogP contribution in [-0.4, -0.2) is 58.9 Å². The molecule has 0 N–H and O–H groups in total. The van der Waals surface area contributed by atoms with Crippen molar-refractivity contribution >= 4 is 17.8 Å². The minimum atomic E-state index is -0.590. The van der Waals surface area contributed by atoms with Crippen LogP contribution in [0.4, 0.5) is 4.79 Å². The predicted octanol–water partition coefficient (Wildman–Crippen LogP) is 3.51. The third kappa shape index (κ3) is 4.21. The van der Waals surface area contributed by atoms with Crippen molar-refractivity contribution in [1.82, 2.24) is 9.80 Å². The monoisotopic (exact) mass is 386 g/mol. The van der Waals surface area contributed by atoms with Gasteiger partial charge in [0.05, 0.1) is 12.6 Å². The number of amides is 2. The first kappa shape index (κ1) is 20.4. The number of nitrogens with zero attached hydrogens (tertiary/aromatic N) is 2. The number of ether oxygens (including phenoxy) is 1. The molecule has 0 radical (unpaired) electrons. The van der Waals surface area contributed by atoms with Crippen molar-refractivity contribution in [3.05, 3.63) is 35.9 Å². The average molecular weight is 386 g/mol. The van der Waals surface area contributed by atoms with Gasteiger partial charge in [-0.15, -0.1) is 0 Å². The lowest BCUT2D eigenvalue weighted by Crippen LogP contribution is -2.44. The summed E-state index contributed by atoms with van der Waals surface area (Å²) in [6, 6.07) is 8.10. The second kappa shape index (κ2) is 7.94. The SMILES string of the molecule is CC[C@H](CC(C)(C)C)OC(=O)N1CCC2C1C(=O)CN2C(=O)c1ccccc1. The number of carbonyl (C=O) groups is 3. The van der Waals surface area contributed by atoms with Gasteiger partial charge in [0.1, 0.15) is 12.1 Å². The van der Waals surface area contributed by atoms with Crippen molar-refractivity contribution in [3.63, 3.8) is 0 Å². The van der Waals surface area contributed by atoms with Crippen LogP contribution in [0, 0.1) is 5.41 Å². The summed E-state index contributed by atoms with van der Waals surface area (Å²) in [5.41, 5.74) is 0.615. The second-order valence-corrected chi connectivity index (χ2v) is 8.94. The third-order valence-electron chi connectivity index (χ3n) is 5.50. The lowest BCUT2D eigenvalue weighted by atomic mass is 9.88. The van der Waals surface area contributed by atoms with Gasteiger partial charge in [-0.05, 0) is 36.8 Å². The summed E-state index contributed by atoms with van der Waals surface area (Å²) in [7, 11) is 0. The van der Waals surface area contributed by atoms with E-state index >= 15 is 0 Å². The first-order chi connectivity index (χ1) is 13.2.